The van der Waals surface area contributed by atoms with Gasteiger partial charge in [0.05, 0.1) is 17.1 Å². The van der Waals surface area contributed by atoms with Gasteiger partial charge in [-0.3, -0.25) is 10.1 Å². The maximum atomic E-state index is 12.4. The number of halogens is 3. The molecule has 0 atom stereocenters. The summed E-state index contributed by atoms with van der Waals surface area (Å²) in [5, 5.41) is 19.4. The molecular formula is C7H5F2IN2O3. The molecule has 1 rings (SSSR count). The molecule has 0 aliphatic rings. The standard InChI is InChI=1S/C7H5F2IN2O3/c8-6(9)3-1-11-7(10)5(12(14)15)4(3)2-13/h1,6,13H,2H2. The first kappa shape index (κ1) is 12.2. The lowest BCUT2D eigenvalue weighted by atomic mass is 10.1. The van der Waals surface area contributed by atoms with Crippen LogP contribution in [0.1, 0.15) is 17.6 Å². The lowest BCUT2D eigenvalue weighted by Gasteiger charge is -2.07. The Kier molecular flexibility index (Phi) is 3.85. The molecule has 0 unspecified atom stereocenters. The zero-order valence-electron chi connectivity index (χ0n) is 7.15. The molecular weight excluding hydrogens is 325 g/mol. The molecule has 82 valence electrons. The maximum absolute atomic E-state index is 12.4. The lowest BCUT2D eigenvalue weighted by Crippen LogP contribution is -2.05. The highest BCUT2D eigenvalue weighted by molar-refractivity contribution is 14.1. The van der Waals surface area contributed by atoms with Gasteiger partial charge in [-0.2, -0.15) is 0 Å². The molecule has 1 aromatic heterocycles. The van der Waals surface area contributed by atoms with E-state index in [1.807, 2.05) is 0 Å². The molecule has 8 heteroatoms. The number of hydrogen-bond acceptors (Lipinski definition) is 4. The Morgan fingerprint density at radius 2 is 2.27 bits per heavy atom. The summed E-state index contributed by atoms with van der Waals surface area (Å²) in [6.45, 7) is -0.811. The van der Waals surface area contributed by atoms with Crippen LogP contribution in [0.5, 0.6) is 0 Å². The van der Waals surface area contributed by atoms with Crippen LogP contribution in [0.3, 0.4) is 0 Å². The second-order valence-electron chi connectivity index (χ2n) is 2.55. The fourth-order valence-electron chi connectivity index (χ4n) is 1.07. The second-order valence-corrected chi connectivity index (χ2v) is 3.57. The minimum absolute atomic E-state index is 0.0222. The Morgan fingerprint density at radius 3 is 2.67 bits per heavy atom. The van der Waals surface area contributed by atoms with Crippen molar-refractivity contribution in [3.05, 3.63) is 31.1 Å². The van der Waals surface area contributed by atoms with Crippen molar-refractivity contribution in [3.8, 4) is 0 Å². The highest BCUT2D eigenvalue weighted by Gasteiger charge is 2.26. The third kappa shape index (κ3) is 2.37. The molecule has 0 saturated heterocycles. The number of rotatable bonds is 3. The number of aliphatic hydroxyl groups excluding tert-OH is 1. The van der Waals surface area contributed by atoms with E-state index in [2.05, 4.69) is 4.98 Å². The van der Waals surface area contributed by atoms with Gasteiger partial charge in [0.25, 0.3) is 6.43 Å². The van der Waals surface area contributed by atoms with E-state index in [4.69, 9.17) is 5.11 Å². The van der Waals surface area contributed by atoms with Crippen molar-refractivity contribution in [1.82, 2.24) is 4.98 Å². The third-order valence-electron chi connectivity index (χ3n) is 1.72. The summed E-state index contributed by atoms with van der Waals surface area (Å²) in [4.78, 5) is 13.2. The Hall–Kier alpha value is -0.900. The first-order valence-electron chi connectivity index (χ1n) is 3.69. The summed E-state index contributed by atoms with van der Waals surface area (Å²) >= 11 is 1.56. The minimum Gasteiger partial charge on any atom is -0.391 e. The normalized spacial score (nSPS) is 10.7. The van der Waals surface area contributed by atoms with Gasteiger partial charge in [-0.25, -0.2) is 13.8 Å². The van der Waals surface area contributed by atoms with Crippen LogP contribution >= 0.6 is 22.6 Å². The van der Waals surface area contributed by atoms with Gasteiger partial charge in [0.15, 0.2) is 3.70 Å². The van der Waals surface area contributed by atoms with E-state index in [1.165, 1.54) is 0 Å². The number of pyridine rings is 1. The van der Waals surface area contributed by atoms with Crippen molar-refractivity contribution >= 4 is 28.3 Å². The van der Waals surface area contributed by atoms with E-state index in [0.717, 1.165) is 6.20 Å². The SMILES string of the molecule is O=[N+]([O-])c1c(I)ncc(C(F)F)c1CO. The molecule has 0 radical (unpaired) electrons. The monoisotopic (exact) mass is 330 g/mol. The average Bonchev–Trinajstić information content (AvgIpc) is 2.15. The summed E-state index contributed by atoms with van der Waals surface area (Å²) < 4.78 is 24.8. The van der Waals surface area contributed by atoms with Gasteiger partial charge in [-0.15, -0.1) is 0 Å². The van der Waals surface area contributed by atoms with E-state index in [-0.39, 0.29) is 9.26 Å². The first-order chi connectivity index (χ1) is 6.99. The van der Waals surface area contributed by atoms with Crippen molar-refractivity contribution < 1.29 is 18.8 Å². The van der Waals surface area contributed by atoms with Gasteiger partial charge < -0.3 is 5.11 Å². The van der Waals surface area contributed by atoms with Crippen LogP contribution in [0, 0.1) is 13.8 Å². The van der Waals surface area contributed by atoms with Crippen molar-refractivity contribution in [1.29, 1.82) is 0 Å². The lowest BCUT2D eigenvalue weighted by molar-refractivity contribution is -0.387. The van der Waals surface area contributed by atoms with Crippen LogP contribution in [-0.4, -0.2) is 15.0 Å². The number of alkyl halides is 2. The third-order valence-corrected chi connectivity index (χ3v) is 2.51. The van der Waals surface area contributed by atoms with Gasteiger partial charge in [0.2, 0.25) is 0 Å². The van der Waals surface area contributed by atoms with Gasteiger partial charge in [-0.1, -0.05) is 0 Å². The van der Waals surface area contributed by atoms with E-state index in [0.29, 0.717) is 0 Å². The molecule has 0 amide bonds. The van der Waals surface area contributed by atoms with Crippen molar-refractivity contribution in [2.75, 3.05) is 0 Å². The van der Waals surface area contributed by atoms with Crippen molar-refractivity contribution in [2.24, 2.45) is 0 Å². The Balaban J connectivity index is 3.47. The quantitative estimate of drug-likeness (QED) is 0.398. The van der Waals surface area contributed by atoms with E-state index >= 15 is 0 Å². The summed E-state index contributed by atoms with van der Waals surface area (Å²) in [5.41, 5.74) is -1.55. The average molecular weight is 330 g/mol. The summed E-state index contributed by atoms with van der Waals surface area (Å²) in [6, 6.07) is 0. The minimum atomic E-state index is -2.89. The number of nitrogens with zero attached hydrogens (tertiary/aromatic N) is 2. The van der Waals surface area contributed by atoms with Crippen molar-refractivity contribution in [2.45, 2.75) is 13.0 Å². The molecule has 0 aromatic carbocycles. The van der Waals surface area contributed by atoms with Gasteiger partial charge in [0.1, 0.15) is 0 Å². The first-order valence-corrected chi connectivity index (χ1v) is 4.77. The highest BCUT2D eigenvalue weighted by atomic mass is 127. The van der Waals surface area contributed by atoms with Crippen LogP contribution in [0.2, 0.25) is 0 Å². The van der Waals surface area contributed by atoms with Gasteiger partial charge in [0, 0.05) is 11.8 Å². The highest BCUT2D eigenvalue weighted by Crippen LogP contribution is 2.31. The molecule has 0 spiro atoms. The number of hydrogen-bond donors (Lipinski definition) is 1. The van der Waals surface area contributed by atoms with Crippen LogP contribution in [0.15, 0.2) is 6.20 Å². The number of aromatic nitrogens is 1. The van der Waals surface area contributed by atoms with E-state index in [1.54, 1.807) is 22.6 Å². The molecule has 1 heterocycles. The predicted molar refractivity (Wildman–Crippen MR) is 54.5 cm³/mol. The summed E-state index contributed by atoms with van der Waals surface area (Å²) in [7, 11) is 0. The van der Waals surface area contributed by atoms with Crippen LogP contribution in [-0.2, 0) is 6.61 Å². The molecule has 1 aromatic rings. The molecule has 1 N–H and O–H groups in total. The number of aliphatic hydroxyl groups is 1. The Labute approximate surface area is 96.4 Å². The largest absolute Gasteiger partial charge is 0.391 e. The Bertz CT molecular complexity index is 400. The van der Waals surface area contributed by atoms with E-state index in [9.17, 15) is 18.9 Å². The second kappa shape index (κ2) is 4.75. The fourth-order valence-corrected chi connectivity index (χ4v) is 1.73. The maximum Gasteiger partial charge on any atom is 0.306 e. The Morgan fingerprint density at radius 1 is 1.67 bits per heavy atom. The fraction of sp³-hybridized carbons (Fsp3) is 0.286. The topological polar surface area (TPSA) is 76.3 Å². The van der Waals surface area contributed by atoms with Crippen molar-refractivity contribution in [3.63, 3.8) is 0 Å². The van der Waals surface area contributed by atoms with Gasteiger partial charge in [-0.05, 0) is 22.6 Å². The molecule has 0 fully saturated rings. The van der Waals surface area contributed by atoms with Gasteiger partial charge >= 0.3 is 5.69 Å². The molecule has 0 aliphatic carbocycles. The number of nitro groups is 1. The molecule has 15 heavy (non-hydrogen) atoms. The van der Waals surface area contributed by atoms with Crippen LogP contribution in [0.4, 0.5) is 14.5 Å². The van der Waals surface area contributed by atoms with Crippen LogP contribution < -0.4 is 0 Å². The molecule has 0 saturated carbocycles. The summed E-state index contributed by atoms with van der Waals surface area (Å²) in [5.74, 6) is 0. The zero-order chi connectivity index (χ0) is 11.6. The van der Waals surface area contributed by atoms with E-state index < -0.39 is 29.2 Å². The predicted octanol–water partition coefficient (Wildman–Crippen LogP) is 2.02. The smallest absolute Gasteiger partial charge is 0.306 e. The summed E-state index contributed by atoms with van der Waals surface area (Å²) in [6.07, 6.45) is -2.05. The van der Waals surface area contributed by atoms with Crippen LogP contribution in [0.25, 0.3) is 0 Å². The molecule has 5 nitrogen and oxygen atoms in total. The zero-order valence-corrected chi connectivity index (χ0v) is 9.31. The molecule has 0 bridgehead atoms. The molecule has 0 aliphatic heterocycles.